The topological polar surface area (TPSA) is 54.0 Å². The Hall–Kier alpha value is -2.69. The minimum atomic E-state index is -0.717. The molecule has 0 spiro atoms. The van der Waals surface area contributed by atoms with Crippen molar-refractivity contribution in [1.82, 2.24) is 0 Å². The maximum Gasteiger partial charge on any atom is 0.231 e. The molecule has 0 aromatic heterocycles. The van der Waals surface area contributed by atoms with Crippen LogP contribution in [0.5, 0.6) is 11.5 Å². The van der Waals surface area contributed by atoms with Gasteiger partial charge in [0.2, 0.25) is 6.79 Å². The molecule has 0 saturated carbocycles. The summed E-state index contributed by atoms with van der Waals surface area (Å²) in [6.45, 7) is 6.17. The van der Waals surface area contributed by atoms with Crippen molar-refractivity contribution in [3.05, 3.63) is 60.1 Å². The van der Waals surface area contributed by atoms with Gasteiger partial charge in [-0.05, 0) is 42.5 Å². The van der Waals surface area contributed by atoms with Crippen LogP contribution in [0.2, 0.25) is 0 Å². The van der Waals surface area contributed by atoms with Crippen LogP contribution < -0.4 is 9.47 Å². The van der Waals surface area contributed by atoms with E-state index in [1.165, 1.54) is 13.2 Å². The maximum absolute atomic E-state index is 13.0. The summed E-state index contributed by atoms with van der Waals surface area (Å²) >= 11 is 0. The third-order valence-corrected chi connectivity index (χ3v) is 5.13. The van der Waals surface area contributed by atoms with Crippen LogP contribution in [0.15, 0.2) is 54.5 Å². The molecule has 2 unspecified atom stereocenters. The predicted molar refractivity (Wildman–Crippen MR) is 97.9 cm³/mol. The first-order chi connectivity index (χ1) is 12.5. The van der Waals surface area contributed by atoms with Gasteiger partial charge in [-0.3, -0.25) is 4.79 Å². The van der Waals surface area contributed by atoms with Crippen LogP contribution in [0.25, 0.3) is 0 Å². The van der Waals surface area contributed by atoms with Crippen LogP contribution in [-0.2, 0) is 20.7 Å². The van der Waals surface area contributed by atoms with E-state index >= 15 is 0 Å². The molecule has 5 nitrogen and oxygen atoms in total. The molecule has 2 aliphatic rings. The third kappa shape index (κ3) is 3.09. The Morgan fingerprint density at radius 3 is 2.65 bits per heavy atom. The van der Waals surface area contributed by atoms with Gasteiger partial charge in [-0.2, -0.15) is 0 Å². The summed E-state index contributed by atoms with van der Waals surface area (Å²) in [7, 11) is 3.11. The van der Waals surface area contributed by atoms with Gasteiger partial charge < -0.3 is 18.9 Å². The smallest absolute Gasteiger partial charge is 0.231 e. The van der Waals surface area contributed by atoms with E-state index in [0.717, 1.165) is 17.1 Å². The van der Waals surface area contributed by atoms with Crippen LogP contribution in [0.1, 0.15) is 18.9 Å². The van der Waals surface area contributed by atoms with E-state index in [-0.39, 0.29) is 18.5 Å². The summed E-state index contributed by atoms with van der Waals surface area (Å²) in [6, 6.07) is 5.90. The first kappa shape index (κ1) is 18.1. The molecule has 0 N–H and O–H groups in total. The predicted octanol–water partition coefficient (Wildman–Crippen LogP) is 3.80. The molecule has 3 rings (SSSR count). The number of methoxy groups -OCH3 is 2. The number of fused-ring (bicyclic) bond motifs is 1. The fraction of sp³-hybridized carbons (Fsp3) is 0.381. The first-order valence-electron chi connectivity index (χ1n) is 8.61. The number of rotatable bonds is 7. The average molecular weight is 356 g/mol. The van der Waals surface area contributed by atoms with Crippen LogP contribution in [0, 0.1) is 11.3 Å². The average Bonchev–Trinajstić information content (AvgIpc) is 3.10. The number of hydrogen-bond donors (Lipinski definition) is 0. The lowest BCUT2D eigenvalue weighted by atomic mass is 9.66. The Labute approximate surface area is 153 Å². The molecule has 0 amide bonds. The van der Waals surface area contributed by atoms with E-state index in [0.29, 0.717) is 24.4 Å². The fourth-order valence-corrected chi connectivity index (χ4v) is 3.61. The van der Waals surface area contributed by atoms with Gasteiger partial charge >= 0.3 is 0 Å². The Morgan fingerprint density at radius 2 is 1.96 bits per heavy atom. The summed E-state index contributed by atoms with van der Waals surface area (Å²) in [5.74, 6) is 2.55. The second-order valence-corrected chi connectivity index (χ2v) is 6.62. The summed E-state index contributed by atoms with van der Waals surface area (Å²) < 4.78 is 21.6. The van der Waals surface area contributed by atoms with Gasteiger partial charge in [0.1, 0.15) is 0 Å². The molecule has 0 fully saturated rings. The molecule has 1 aromatic carbocycles. The number of ether oxygens (including phenoxy) is 4. The molecular weight excluding hydrogens is 332 g/mol. The van der Waals surface area contributed by atoms with Crippen molar-refractivity contribution < 1.29 is 23.7 Å². The molecule has 1 heterocycles. The fourth-order valence-electron chi connectivity index (χ4n) is 3.61. The molecule has 0 radical (unpaired) electrons. The van der Waals surface area contributed by atoms with E-state index in [4.69, 9.17) is 18.9 Å². The summed E-state index contributed by atoms with van der Waals surface area (Å²) in [4.78, 5) is 13.0. The zero-order valence-corrected chi connectivity index (χ0v) is 15.4. The van der Waals surface area contributed by atoms with Gasteiger partial charge in [0, 0.05) is 6.08 Å². The van der Waals surface area contributed by atoms with Gasteiger partial charge in [-0.1, -0.05) is 19.1 Å². The quantitative estimate of drug-likeness (QED) is 0.696. The standard InChI is InChI=1S/C21H24O5/c1-5-8-21(12-19(24-4)17(23-3)11-20(21)22)14(2)9-15-6-7-16-18(10-15)26-13-25-16/h5-7,10-12,14H,1,8-9,13H2,2-4H3. The number of hydrogen-bond acceptors (Lipinski definition) is 5. The molecule has 5 heteroatoms. The largest absolute Gasteiger partial charge is 0.493 e. The van der Waals surface area contributed by atoms with Gasteiger partial charge in [0.05, 0.1) is 19.6 Å². The molecule has 0 bridgehead atoms. The SMILES string of the molecule is C=CCC1(C(C)Cc2ccc3c(c2)OCO3)C=C(OC)C(OC)=CC1=O. The number of carbonyl (C=O) groups excluding carboxylic acids is 1. The molecular formula is C21H24O5. The molecule has 1 aliphatic heterocycles. The molecule has 2 atom stereocenters. The summed E-state index contributed by atoms with van der Waals surface area (Å²) in [5, 5.41) is 0. The van der Waals surface area contributed by atoms with E-state index in [1.54, 1.807) is 13.2 Å². The number of benzene rings is 1. The first-order valence-corrected chi connectivity index (χ1v) is 8.61. The Morgan fingerprint density at radius 1 is 1.23 bits per heavy atom. The Bertz CT molecular complexity index is 777. The second kappa shape index (κ2) is 7.28. The Kier molecular flexibility index (Phi) is 5.07. The van der Waals surface area contributed by atoms with Crippen molar-refractivity contribution in [2.24, 2.45) is 11.3 Å². The second-order valence-electron chi connectivity index (χ2n) is 6.62. The Balaban J connectivity index is 1.91. The van der Waals surface area contributed by atoms with Crippen molar-refractivity contribution in [3.8, 4) is 11.5 Å². The van der Waals surface area contributed by atoms with Crippen LogP contribution >= 0.6 is 0 Å². The van der Waals surface area contributed by atoms with E-state index in [2.05, 4.69) is 13.5 Å². The molecule has 1 aliphatic carbocycles. The molecule has 1 aromatic rings. The minimum absolute atomic E-state index is 0.00305. The van der Waals surface area contributed by atoms with E-state index < -0.39 is 5.41 Å². The molecule has 26 heavy (non-hydrogen) atoms. The monoisotopic (exact) mass is 356 g/mol. The van der Waals surface area contributed by atoms with Crippen molar-refractivity contribution in [2.75, 3.05) is 21.0 Å². The minimum Gasteiger partial charge on any atom is -0.493 e. The number of carbonyl (C=O) groups is 1. The number of allylic oxidation sites excluding steroid dienone is 3. The van der Waals surface area contributed by atoms with Gasteiger partial charge in [-0.15, -0.1) is 6.58 Å². The van der Waals surface area contributed by atoms with Crippen LogP contribution in [0.4, 0.5) is 0 Å². The van der Waals surface area contributed by atoms with E-state index in [9.17, 15) is 4.79 Å². The highest BCUT2D eigenvalue weighted by Gasteiger charge is 2.43. The lowest BCUT2D eigenvalue weighted by Crippen LogP contribution is -2.38. The van der Waals surface area contributed by atoms with Crippen LogP contribution in [0.3, 0.4) is 0 Å². The van der Waals surface area contributed by atoms with Gasteiger partial charge in [0.25, 0.3) is 0 Å². The lowest BCUT2D eigenvalue weighted by molar-refractivity contribution is -0.124. The van der Waals surface area contributed by atoms with Crippen molar-refractivity contribution in [1.29, 1.82) is 0 Å². The molecule has 138 valence electrons. The van der Waals surface area contributed by atoms with Gasteiger partial charge in [-0.25, -0.2) is 0 Å². The van der Waals surface area contributed by atoms with E-state index in [1.807, 2.05) is 24.3 Å². The summed E-state index contributed by atoms with van der Waals surface area (Å²) in [6.07, 6.45) is 6.42. The normalized spacial score (nSPS) is 22.3. The maximum atomic E-state index is 13.0. The highest BCUT2D eigenvalue weighted by molar-refractivity contribution is 5.99. The van der Waals surface area contributed by atoms with Crippen LogP contribution in [-0.4, -0.2) is 26.8 Å². The highest BCUT2D eigenvalue weighted by Crippen LogP contribution is 2.43. The summed E-state index contributed by atoms with van der Waals surface area (Å²) in [5.41, 5.74) is 0.373. The highest BCUT2D eigenvalue weighted by atomic mass is 16.7. The number of ketones is 1. The lowest BCUT2D eigenvalue weighted by Gasteiger charge is -2.36. The zero-order chi connectivity index (χ0) is 18.7. The van der Waals surface area contributed by atoms with Crippen molar-refractivity contribution in [3.63, 3.8) is 0 Å². The third-order valence-electron chi connectivity index (χ3n) is 5.13. The molecule has 0 saturated heterocycles. The van der Waals surface area contributed by atoms with Gasteiger partial charge in [0.15, 0.2) is 28.8 Å². The zero-order valence-electron chi connectivity index (χ0n) is 15.4. The van der Waals surface area contributed by atoms with Crippen molar-refractivity contribution in [2.45, 2.75) is 19.8 Å². The van der Waals surface area contributed by atoms with Crippen molar-refractivity contribution >= 4 is 5.78 Å².